The molecule has 0 aliphatic rings. The highest BCUT2D eigenvalue weighted by Gasteiger charge is 2.15. The highest BCUT2D eigenvalue weighted by atomic mass is 16.5. The van der Waals surface area contributed by atoms with E-state index >= 15 is 0 Å². The highest BCUT2D eigenvalue weighted by molar-refractivity contribution is 5.43. The van der Waals surface area contributed by atoms with Crippen molar-refractivity contribution in [1.29, 1.82) is 0 Å². The zero-order valence-corrected chi connectivity index (χ0v) is 12.9. The second-order valence-electron chi connectivity index (χ2n) is 5.31. The van der Waals surface area contributed by atoms with E-state index in [1.54, 1.807) is 7.11 Å². The first-order valence-corrected chi connectivity index (χ1v) is 6.95. The van der Waals surface area contributed by atoms with Gasteiger partial charge in [0, 0.05) is 0 Å². The number of rotatable bonds is 4. The Morgan fingerprint density at radius 2 is 1.70 bits per heavy atom. The molecule has 1 N–H and O–H groups in total. The Balaban J connectivity index is 2.44. The van der Waals surface area contributed by atoms with E-state index in [9.17, 15) is 0 Å². The van der Waals surface area contributed by atoms with Gasteiger partial charge in [0.05, 0.1) is 13.2 Å². The Morgan fingerprint density at radius 1 is 0.950 bits per heavy atom. The van der Waals surface area contributed by atoms with Crippen LogP contribution >= 0.6 is 0 Å². The van der Waals surface area contributed by atoms with Gasteiger partial charge in [0.15, 0.2) is 0 Å². The van der Waals surface area contributed by atoms with Crippen LogP contribution in [0.25, 0.3) is 0 Å². The lowest BCUT2D eigenvalue weighted by Gasteiger charge is -2.21. The molecule has 2 rings (SSSR count). The lowest BCUT2D eigenvalue weighted by Crippen LogP contribution is -2.19. The summed E-state index contributed by atoms with van der Waals surface area (Å²) in [5, 5.41) is 3.42. The normalized spacial score (nSPS) is 12.2. The van der Waals surface area contributed by atoms with Crippen molar-refractivity contribution in [2.24, 2.45) is 0 Å². The minimum absolute atomic E-state index is 0.209. The molecular formula is C18H23NO. The van der Waals surface area contributed by atoms with Crippen molar-refractivity contribution >= 4 is 0 Å². The van der Waals surface area contributed by atoms with Crippen LogP contribution in [0.5, 0.6) is 5.75 Å². The fraction of sp³-hybridized carbons (Fsp3) is 0.333. The topological polar surface area (TPSA) is 21.3 Å². The average molecular weight is 269 g/mol. The number of hydrogen-bond acceptors (Lipinski definition) is 2. The van der Waals surface area contributed by atoms with Gasteiger partial charge in [0.1, 0.15) is 5.75 Å². The summed E-state index contributed by atoms with van der Waals surface area (Å²) >= 11 is 0. The summed E-state index contributed by atoms with van der Waals surface area (Å²) in [5.41, 5.74) is 6.36. The summed E-state index contributed by atoms with van der Waals surface area (Å²) in [7, 11) is 3.71. The predicted octanol–water partition coefficient (Wildman–Crippen LogP) is 3.93. The van der Waals surface area contributed by atoms with E-state index in [0.29, 0.717) is 0 Å². The lowest BCUT2D eigenvalue weighted by atomic mass is 9.93. The van der Waals surface area contributed by atoms with Crippen molar-refractivity contribution in [1.82, 2.24) is 5.32 Å². The van der Waals surface area contributed by atoms with E-state index in [1.165, 1.54) is 22.3 Å². The fourth-order valence-corrected chi connectivity index (χ4v) is 2.73. The van der Waals surface area contributed by atoms with Crippen LogP contribution in [0.15, 0.2) is 36.4 Å². The van der Waals surface area contributed by atoms with Gasteiger partial charge in [-0.2, -0.15) is 0 Å². The summed E-state index contributed by atoms with van der Waals surface area (Å²) in [6.07, 6.45) is 0. The summed E-state index contributed by atoms with van der Waals surface area (Å²) < 4.78 is 5.34. The summed E-state index contributed by atoms with van der Waals surface area (Å²) in [5.74, 6) is 0.934. The molecule has 0 heterocycles. The largest absolute Gasteiger partial charge is 0.496 e. The monoisotopic (exact) mass is 269 g/mol. The maximum absolute atomic E-state index is 5.34. The molecule has 0 aromatic heterocycles. The molecule has 0 aliphatic heterocycles. The van der Waals surface area contributed by atoms with Crippen molar-refractivity contribution in [2.45, 2.75) is 26.8 Å². The predicted molar refractivity (Wildman–Crippen MR) is 84.5 cm³/mol. The van der Waals surface area contributed by atoms with Crippen LogP contribution in [-0.4, -0.2) is 14.2 Å². The molecule has 0 radical (unpaired) electrons. The third-order valence-corrected chi connectivity index (χ3v) is 3.78. The molecule has 1 atom stereocenters. The van der Waals surface area contributed by atoms with Gasteiger partial charge in [-0.15, -0.1) is 0 Å². The average Bonchev–Trinajstić information content (AvgIpc) is 2.42. The van der Waals surface area contributed by atoms with Gasteiger partial charge in [0.2, 0.25) is 0 Å². The third kappa shape index (κ3) is 2.86. The molecule has 20 heavy (non-hydrogen) atoms. The molecule has 106 valence electrons. The molecule has 2 heteroatoms. The Morgan fingerprint density at radius 3 is 2.25 bits per heavy atom. The van der Waals surface area contributed by atoms with E-state index in [4.69, 9.17) is 4.74 Å². The van der Waals surface area contributed by atoms with E-state index in [0.717, 1.165) is 11.3 Å². The van der Waals surface area contributed by atoms with Gasteiger partial charge in [0.25, 0.3) is 0 Å². The zero-order valence-electron chi connectivity index (χ0n) is 12.9. The van der Waals surface area contributed by atoms with Gasteiger partial charge in [-0.1, -0.05) is 35.9 Å². The maximum atomic E-state index is 5.34. The standard InChI is InChI=1S/C18H23NO/c1-12-6-8-16(13(2)10-12)18(19-4)15-7-9-17(20-5)14(3)11-15/h6-11,18-19H,1-5H3. The first kappa shape index (κ1) is 14.6. The van der Waals surface area contributed by atoms with Gasteiger partial charge in [-0.3, -0.25) is 0 Å². The molecular weight excluding hydrogens is 246 g/mol. The van der Waals surface area contributed by atoms with Crippen molar-refractivity contribution in [3.8, 4) is 5.75 Å². The number of aryl methyl sites for hydroxylation is 3. The number of methoxy groups -OCH3 is 1. The van der Waals surface area contributed by atoms with Crippen LogP contribution in [-0.2, 0) is 0 Å². The van der Waals surface area contributed by atoms with Crippen LogP contribution in [0.2, 0.25) is 0 Å². The minimum atomic E-state index is 0.209. The number of ether oxygens (including phenoxy) is 1. The van der Waals surface area contributed by atoms with Gasteiger partial charge in [-0.05, 0) is 56.1 Å². The fourth-order valence-electron chi connectivity index (χ4n) is 2.73. The summed E-state index contributed by atoms with van der Waals surface area (Å²) in [4.78, 5) is 0. The number of benzene rings is 2. The van der Waals surface area contributed by atoms with Crippen molar-refractivity contribution in [2.75, 3.05) is 14.2 Å². The third-order valence-electron chi connectivity index (χ3n) is 3.78. The molecule has 0 fully saturated rings. The molecule has 0 saturated carbocycles. The highest BCUT2D eigenvalue weighted by Crippen LogP contribution is 2.28. The molecule has 1 unspecified atom stereocenters. The van der Waals surface area contributed by atoms with Crippen LogP contribution in [0.1, 0.15) is 33.9 Å². The van der Waals surface area contributed by atoms with Crippen LogP contribution in [0.4, 0.5) is 0 Å². The Kier molecular flexibility index (Phi) is 4.46. The second-order valence-corrected chi connectivity index (χ2v) is 5.31. The van der Waals surface area contributed by atoms with Gasteiger partial charge < -0.3 is 10.1 Å². The van der Waals surface area contributed by atoms with Crippen molar-refractivity contribution < 1.29 is 4.74 Å². The van der Waals surface area contributed by atoms with Crippen LogP contribution < -0.4 is 10.1 Å². The number of nitrogens with one attached hydrogen (secondary N) is 1. The maximum Gasteiger partial charge on any atom is 0.121 e. The lowest BCUT2D eigenvalue weighted by molar-refractivity contribution is 0.411. The first-order valence-electron chi connectivity index (χ1n) is 6.95. The molecule has 0 bridgehead atoms. The number of hydrogen-bond donors (Lipinski definition) is 1. The van der Waals surface area contributed by atoms with Crippen LogP contribution in [0.3, 0.4) is 0 Å². The summed E-state index contributed by atoms with van der Waals surface area (Å²) in [6, 6.07) is 13.2. The van der Waals surface area contributed by atoms with Crippen molar-refractivity contribution in [3.05, 3.63) is 64.2 Å². The quantitative estimate of drug-likeness (QED) is 0.908. The molecule has 2 aromatic carbocycles. The molecule has 0 amide bonds. The van der Waals surface area contributed by atoms with Crippen molar-refractivity contribution in [3.63, 3.8) is 0 Å². The molecule has 0 saturated heterocycles. The molecule has 0 spiro atoms. The minimum Gasteiger partial charge on any atom is -0.496 e. The van der Waals surface area contributed by atoms with E-state index in [1.807, 2.05) is 13.1 Å². The molecule has 0 aliphatic carbocycles. The second kappa shape index (κ2) is 6.10. The first-order chi connectivity index (χ1) is 9.56. The Labute approximate surface area is 121 Å². The van der Waals surface area contributed by atoms with E-state index in [-0.39, 0.29) is 6.04 Å². The molecule has 2 nitrogen and oxygen atoms in total. The Bertz CT molecular complexity index is 604. The van der Waals surface area contributed by atoms with E-state index in [2.05, 4.69) is 56.4 Å². The van der Waals surface area contributed by atoms with E-state index < -0.39 is 0 Å². The van der Waals surface area contributed by atoms with Gasteiger partial charge in [-0.25, -0.2) is 0 Å². The smallest absolute Gasteiger partial charge is 0.121 e. The molecule has 2 aromatic rings. The SMILES string of the molecule is CNC(c1ccc(OC)c(C)c1)c1ccc(C)cc1C. The Hall–Kier alpha value is -1.80. The van der Waals surface area contributed by atoms with Crippen LogP contribution in [0, 0.1) is 20.8 Å². The summed E-state index contributed by atoms with van der Waals surface area (Å²) in [6.45, 7) is 6.38. The van der Waals surface area contributed by atoms with Gasteiger partial charge >= 0.3 is 0 Å². The zero-order chi connectivity index (χ0) is 14.7.